The van der Waals surface area contributed by atoms with Crippen LogP contribution in [0.4, 0.5) is 0 Å². The van der Waals surface area contributed by atoms with Gasteiger partial charge in [0.25, 0.3) is 0 Å². The highest BCUT2D eigenvalue weighted by Crippen LogP contribution is 2.00. The van der Waals surface area contributed by atoms with Crippen molar-refractivity contribution in [1.29, 1.82) is 0 Å². The van der Waals surface area contributed by atoms with Crippen molar-refractivity contribution in [3.8, 4) is 0 Å². The Morgan fingerprint density at radius 3 is 1.70 bits per heavy atom. The van der Waals surface area contributed by atoms with Crippen molar-refractivity contribution in [3.05, 3.63) is 0 Å². The van der Waals surface area contributed by atoms with Crippen molar-refractivity contribution in [3.63, 3.8) is 0 Å². The molecule has 1 heterocycles. The molecular weight excluding hydrogens is 158 g/mol. The highest BCUT2D eigenvalue weighted by atomic mass is 35.5. The van der Waals surface area contributed by atoms with E-state index in [2.05, 4.69) is 5.32 Å². The van der Waals surface area contributed by atoms with Crippen LogP contribution in [0.3, 0.4) is 0 Å². The summed E-state index contributed by atoms with van der Waals surface area (Å²) >= 11 is 0. The summed E-state index contributed by atoms with van der Waals surface area (Å²) in [4.78, 5) is 20.7. The van der Waals surface area contributed by atoms with Gasteiger partial charge in [-0.15, -0.1) is 12.4 Å². The Balaban J connectivity index is 0. The van der Waals surface area contributed by atoms with Gasteiger partial charge in [-0.25, -0.2) is 0 Å². The van der Waals surface area contributed by atoms with Crippen molar-refractivity contribution < 1.29 is 15.1 Å². The largest absolute Gasteiger partial charge is 0.412 e. The van der Waals surface area contributed by atoms with Gasteiger partial charge in [0.05, 0.1) is 0 Å². The zero-order valence-corrected chi connectivity index (χ0v) is 6.16. The normalized spacial score (nSPS) is 16.4. The number of carbonyl (C=O) groups is 2. The number of carbonyl (C=O) groups excluding carboxylic acids is 2. The molecule has 1 saturated heterocycles. The minimum absolute atomic E-state index is 0. The van der Waals surface area contributed by atoms with Crippen LogP contribution in [0.15, 0.2) is 0 Å². The predicted molar refractivity (Wildman–Crippen MR) is 37.9 cm³/mol. The van der Waals surface area contributed by atoms with Gasteiger partial charge < -0.3 is 5.48 Å². The van der Waals surface area contributed by atoms with Gasteiger partial charge in [-0.1, -0.05) is 0 Å². The molecule has 0 atom stereocenters. The fraction of sp³-hybridized carbons (Fsp3) is 0.600. The summed E-state index contributed by atoms with van der Waals surface area (Å²) in [6.45, 7) is 0. The molecule has 0 unspecified atom stereocenters. The van der Waals surface area contributed by atoms with E-state index in [0.717, 1.165) is 0 Å². The molecule has 0 saturated carbocycles. The van der Waals surface area contributed by atoms with E-state index < -0.39 is 0 Å². The molecule has 2 amide bonds. The molecule has 0 bridgehead atoms. The first-order valence-electron chi connectivity index (χ1n) is 2.62. The summed E-state index contributed by atoms with van der Waals surface area (Å²) in [5.74, 6) is -0.275. The standard InChI is InChI=1S/C5H7NO2.ClH.H2O/c7-4-2-1-3-5(8)6-4;;/h1-3H2,(H,6,7,8);1H;1H2. The summed E-state index contributed by atoms with van der Waals surface area (Å²) in [6, 6.07) is 0. The lowest BCUT2D eigenvalue weighted by Gasteiger charge is -2.07. The third kappa shape index (κ3) is 3.42. The Labute approximate surface area is 64.7 Å². The maximum absolute atomic E-state index is 10.3. The second-order valence-corrected chi connectivity index (χ2v) is 1.82. The Morgan fingerprint density at radius 1 is 1.10 bits per heavy atom. The molecule has 4 nitrogen and oxygen atoms in total. The maximum atomic E-state index is 10.3. The summed E-state index contributed by atoms with van der Waals surface area (Å²) < 4.78 is 0. The van der Waals surface area contributed by atoms with Crippen LogP contribution in [-0.4, -0.2) is 17.3 Å². The lowest BCUT2D eigenvalue weighted by atomic mass is 10.1. The van der Waals surface area contributed by atoms with E-state index in [1.165, 1.54) is 0 Å². The first-order chi connectivity index (χ1) is 3.79. The molecule has 1 aliphatic heterocycles. The number of rotatable bonds is 0. The predicted octanol–water partition coefficient (Wildman–Crippen LogP) is -0.590. The van der Waals surface area contributed by atoms with Crippen molar-refractivity contribution in [2.45, 2.75) is 19.3 Å². The van der Waals surface area contributed by atoms with Crippen LogP contribution < -0.4 is 5.32 Å². The smallest absolute Gasteiger partial charge is 0.226 e. The van der Waals surface area contributed by atoms with Crippen LogP contribution in [0, 0.1) is 0 Å². The zero-order valence-electron chi connectivity index (χ0n) is 5.35. The molecule has 0 radical (unpaired) electrons. The number of imide groups is 1. The van der Waals surface area contributed by atoms with Crippen LogP contribution in [0.1, 0.15) is 19.3 Å². The van der Waals surface area contributed by atoms with E-state index in [1.807, 2.05) is 0 Å². The van der Waals surface area contributed by atoms with E-state index in [9.17, 15) is 9.59 Å². The van der Waals surface area contributed by atoms with Crippen molar-refractivity contribution in [2.75, 3.05) is 0 Å². The average Bonchev–Trinajstić information content (AvgIpc) is 1.64. The van der Waals surface area contributed by atoms with Gasteiger partial charge in [0.15, 0.2) is 0 Å². The van der Waals surface area contributed by atoms with E-state index in [4.69, 9.17) is 0 Å². The lowest BCUT2D eigenvalue weighted by molar-refractivity contribution is -0.132. The van der Waals surface area contributed by atoms with Crippen LogP contribution >= 0.6 is 12.4 Å². The van der Waals surface area contributed by atoms with E-state index >= 15 is 0 Å². The molecule has 0 aromatic carbocycles. The molecule has 0 aromatic rings. The zero-order chi connectivity index (χ0) is 5.98. The molecule has 1 fully saturated rings. The summed E-state index contributed by atoms with van der Waals surface area (Å²) in [5.41, 5.74) is 0. The van der Waals surface area contributed by atoms with Crippen molar-refractivity contribution in [2.24, 2.45) is 0 Å². The molecule has 60 valence electrons. The fourth-order valence-electron chi connectivity index (χ4n) is 0.690. The fourth-order valence-corrected chi connectivity index (χ4v) is 0.690. The number of hydrogen-bond acceptors (Lipinski definition) is 2. The molecule has 5 heteroatoms. The first-order valence-corrected chi connectivity index (χ1v) is 2.62. The maximum Gasteiger partial charge on any atom is 0.226 e. The molecule has 3 N–H and O–H groups in total. The quantitative estimate of drug-likeness (QED) is 0.490. The van der Waals surface area contributed by atoms with Gasteiger partial charge in [-0.05, 0) is 6.42 Å². The van der Waals surface area contributed by atoms with Crippen LogP contribution in [0.5, 0.6) is 0 Å². The Bertz CT molecular complexity index is 123. The summed E-state index contributed by atoms with van der Waals surface area (Å²) in [7, 11) is 0. The van der Waals surface area contributed by atoms with Gasteiger partial charge in [0, 0.05) is 12.8 Å². The second-order valence-electron chi connectivity index (χ2n) is 1.82. The molecule has 1 rings (SSSR count). The summed E-state index contributed by atoms with van der Waals surface area (Å²) in [5, 5.41) is 2.20. The van der Waals surface area contributed by atoms with Gasteiger partial charge in [0.2, 0.25) is 11.8 Å². The number of amides is 2. The van der Waals surface area contributed by atoms with Gasteiger partial charge in [-0.2, -0.15) is 0 Å². The Kier molecular flexibility index (Phi) is 6.29. The number of halogens is 1. The highest BCUT2D eigenvalue weighted by molar-refractivity contribution is 5.97. The summed E-state index contributed by atoms with van der Waals surface area (Å²) in [6.07, 6.45) is 1.72. The molecule has 0 spiro atoms. The average molecular weight is 168 g/mol. The van der Waals surface area contributed by atoms with Crippen LogP contribution in [-0.2, 0) is 9.59 Å². The van der Waals surface area contributed by atoms with E-state index in [1.54, 1.807) is 0 Å². The van der Waals surface area contributed by atoms with Crippen LogP contribution in [0.2, 0.25) is 0 Å². The second kappa shape index (κ2) is 5.20. The Hall–Kier alpha value is -0.610. The van der Waals surface area contributed by atoms with E-state index in [0.29, 0.717) is 19.3 Å². The monoisotopic (exact) mass is 167 g/mol. The number of piperidine rings is 1. The minimum atomic E-state index is -0.138. The van der Waals surface area contributed by atoms with Gasteiger partial charge >= 0.3 is 0 Å². The topological polar surface area (TPSA) is 77.7 Å². The van der Waals surface area contributed by atoms with E-state index in [-0.39, 0.29) is 29.7 Å². The van der Waals surface area contributed by atoms with Gasteiger partial charge in [-0.3, -0.25) is 14.9 Å². The first kappa shape index (κ1) is 12.1. The van der Waals surface area contributed by atoms with Crippen LogP contribution in [0.25, 0.3) is 0 Å². The molecule has 0 aliphatic carbocycles. The number of hydrogen-bond donors (Lipinski definition) is 1. The third-order valence-corrected chi connectivity index (χ3v) is 1.09. The Morgan fingerprint density at radius 2 is 1.50 bits per heavy atom. The van der Waals surface area contributed by atoms with Gasteiger partial charge in [0.1, 0.15) is 0 Å². The minimum Gasteiger partial charge on any atom is -0.412 e. The van der Waals surface area contributed by atoms with Crippen molar-refractivity contribution in [1.82, 2.24) is 5.32 Å². The van der Waals surface area contributed by atoms with Crippen molar-refractivity contribution >= 4 is 24.2 Å². The molecule has 10 heavy (non-hydrogen) atoms. The SMILES string of the molecule is Cl.O.O=C1CCCC(=O)N1. The molecular formula is C5H10ClNO3. The molecule has 1 aliphatic rings. The molecule has 0 aromatic heterocycles. The highest BCUT2D eigenvalue weighted by Gasteiger charge is 2.12. The third-order valence-electron chi connectivity index (χ3n) is 1.09. The lowest BCUT2D eigenvalue weighted by Crippen LogP contribution is -2.33. The number of nitrogens with one attached hydrogen (secondary N) is 1.